The number of Topliss-reactive ketones (excluding diaryl/α,β-unsaturated/α-hetero) is 1. The maximum Gasteiger partial charge on any atom is 0.196 e. The van der Waals surface area contributed by atoms with Crippen LogP contribution in [0.5, 0.6) is 5.75 Å². The lowest BCUT2D eigenvalue weighted by Gasteiger charge is -2.11. The van der Waals surface area contributed by atoms with E-state index in [2.05, 4.69) is 26.1 Å². The third-order valence-corrected chi connectivity index (χ3v) is 6.27. The lowest BCUT2D eigenvalue weighted by atomic mass is 10.1. The van der Waals surface area contributed by atoms with E-state index in [4.69, 9.17) is 16.3 Å². The molecule has 0 aliphatic rings. The summed E-state index contributed by atoms with van der Waals surface area (Å²) in [6.45, 7) is 0. The summed E-state index contributed by atoms with van der Waals surface area (Å²) in [6.07, 6.45) is 0. The Kier molecular flexibility index (Phi) is 6.75. The van der Waals surface area contributed by atoms with Gasteiger partial charge in [0.1, 0.15) is 5.75 Å². The molecule has 4 aromatic rings. The number of rotatable bonds is 7. The fourth-order valence-electron chi connectivity index (χ4n) is 2.96. The van der Waals surface area contributed by atoms with Crippen LogP contribution in [-0.2, 0) is 0 Å². The first kappa shape index (κ1) is 21.6. The molecular weight excluding hydrogens is 498 g/mol. The number of hydrogen-bond donors (Lipinski definition) is 0. The Hall–Kier alpha value is -2.61. The van der Waals surface area contributed by atoms with Gasteiger partial charge < -0.3 is 4.74 Å². The largest absolute Gasteiger partial charge is 0.497 e. The fraction of sp³-hybridized carbons (Fsp3) is 0.0870. The first-order valence-corrected chi connectivity index (χ1v) is 11.5. The second-order valence-corrected chi connectivity index (χ2v) is 8.86. The molecule has 0 fully saturated rings. The van der Waals surface area contributed by atoms with Crippen LogP contribution in [0.2, 0.25) is 5.02 Å². The average Bonchev–Trinajstić information content (AvgIpc) is 3.22. The number of ketones is 1. The van der Waals surface area contributed by atoms with Gasteiger partial charge in [0.2, 0.25) is 0 Å². The van der Waals surface area contributed by atoms with Gasteiger partial charge in [0.15, 0.2) is 16.8 Å². The normalized spacial score (nSPS) is 10.8. The topological polar surface area (TPSA) is 57.0 Å². The summed E-state index contributed by atoms with van der Waals surface area (Å²) in [7, 11) is 1.63. The quantitative estimate of drug-likeness (QED) is 0.213. The summed E-state index contributed by atoms with van der Waals surface area (Å²) < 4.78 is 8.18. The van der Waals surface area contributed by atoms with Crippen LogP contribution >= 0.6 is 39.3 Å². The number of nitrogens with zero attached hydrogens (tertiary/aromatic N) is 3. The lowest BCUT2D eigenvalue weighted by molar-refractivity contribution is 0.102. The molecule has 0 saturated heterocycles. The molecule has 0 radical (unpaired) electrons. The summed E-state index contributed by atoms with van der Waals surface area (Å²) >= 11 is 10.7. The van der Waals surface area contributed by atoms with Crippen LogP contribution in [0.25, 0.3) is 17.1 Å². The van der Waals surface area contributed by atoms with E-state index in [0.29, 0.717) is 21.6 Å². The zero-order valence-electron chi connectivity index (χ0n) is 16.5. The molecule has 0 spiro atoms. The van der Waals surface area contributed by atoms with Crippen LogP contribution in [-0.4, -0.2) is 33.4 Å². The van der Waals surface area contributed by atoms with Crippen LogP contribution in [0.1, 0.15) is 10.4 Å². The summed E-state index contributed by atoms with van der Waals surface area (Å²) in [5, 5.41) is 10.0. The predicted molar refractivity (Wildman–Crippen MR) is 128 cm³/mol. The number of hydrogen-bond acceptors (Lipinski definition) is 5. The van der Waals surface area contributed by atoms with Crippen molar-refractivity contribution in [2.75, 3.05) is 12.9 Å². The Balaban J connectivity index is 1.66. The van der Waals surface area contributed by atoms with Crippen molar-refractivity contribution in [3.8, 4) is 22.8 Å². The van der Waals surface area contributed by atoms with Crippen LogP contribution in [0.4, 0.5) is 0 Å². The second-order valence-electron chi connectivity index (χ2n) is 6.57. The van der Waals surface area contributed by atoms with Crippen molar-refractivity contribution < 1.29 is 9.53 Å². The molecular formula is C23H17BrClN3O2S. The Bertz CT molecular complexity index is 1190. The molecule has 0 unspecified atom stereocenters. The van der Waals surface area contributed by atoms with Gasteiger partial charge in [0.25, 0.3) is 0 Å². The summed E-state index contributed by atoms with van der Waals surface area (Å²) in [5.41, 5.74) is 2.41. The first-order valence-electron chi connectivity index (χ1n) is 9.32. The summed E-state index contributed by atoms with van der Waals surface area (Å²) in [4.78, 5) is 12.6. The van der Waals surface area contributed by atoms with Crippen molar-refractivity contribution in [3.05, 3.63) is 87.9 Å². The second kappa shape index (κ2) is 9.68. The van der Waals surface area contributed by atoms with Gasteiger partial charge in [0, 0.05) is 26.3 Å². The number of halogens is 2. The number of carbonyl (C=O) groups is 1. The van der Waals surface area contributed by atoms with Crippen LogP contribution < -0.4 is 4.74 Å². The third-order valence-electron chi connectivity index (χ3n) is 4.56. The minimum absolute atomic E-state index is 0.00183. The molecule has 0 bridgehead atoms. The van der Waals surface area contributed by atoms with Crippen molar-refractivity contribution in [2.24, 2.45) is 0 Å². The van der Waals surface area contributed by atoms with Gasteiger partial charge >= 0.3 is 0 Å². The lowest BCUT2D eigenvalue weighted by Crippen LogP contribution is -2.05. The molecule has 8 heteroatoms. The Morgan fingerprint density at radius 3 is 2.32 bits per heavy atom. The molecule has 3 aromatic carbocycles. The van der Waals surface area contributed by atoms with Crippen LogP contribution in [0, 0.1) is 0 Å². The van der Waals surface area contributed by atoms with Gasteiger partial charge in [-0.3, -0.25) is 9.36 Å². The zero-order chi connectivity index (χ0) is 21.8. The standard InChI is InChI=1S/C23H17BrClN3O2S/c1-30-20-12-4-16(5-13-20)22-26-27-23(28(22)19-10-6-17(24)7-11-19)31-14-21(29)15-2-8-18(25)9-3-15/h2-13H,14H2,1H3. The van der Waals surface area contributed by atoms with E-state index in [1.54, 1.807) is 31.4 Å². The average molecular weight is 515 g/mol. The van der Waals surface area contributed by atoms with Gasteiger partial charge in [-0.2, -0.15) is 0 Å². The highest BCUT2D eigenvalue weighted by Crippen LogP contribution is 2.30. The highest BCUT2D eigenvalue weighted by molar-refractivity contribution is 9.10. The SMILES string of the molecule is COc1ccc(-c2nnc(SCC(=O)c3ccc(Cl)cc3)n2-c2ccc(Br)cc2)cc1. The Morgan fingerprint density at radius 1 is 1.00 bits per heavy atom. The number of ether oxygens (including phenoxy) is 1. The Morgan fingerprint density at radius 2 is 1.68 bits per heavy atom. The third kappa shape index (κ3) is 5.01. The van der Waals surface area contributed by atoms with Crippen LogP contribution in [0.3, 0.4) is 0 Å². The Labute approximate surface area is 197 Å². The molecule has 0 N–H and O–H groups in total. The molecule has 31 heavy (non-hydrogen) atoms. The van der Waals surface area contributed by atoms with E-state index in [9.17, 15) is 4.79 Å². The van der Waals surface area contributed by atoms with E-state index in [1.807, 2.05) is 53.1 Å². The predicted octanol–water partition coefficient (Wildman–Crippen LogP) is 6.33. The monoisotopic (exact) mass is 513 g/mol. The number of carbonyl (C=O) groups excluding carboxylic acids is 1. The highest BCUT2D eigenvalue weighted by Gasteiger charge is 2.18. The molecule has 0 aliphatic carbocycles. The fourth-order valence-corrected chi connectivity index (χ4v) is 4.20. The minimum Gasteiger partial charge on any atom is -0.497 e. The summed E-state index contributed by atoms with van der Waals surface area (Å²) in [5.74, 6) is 1.69. The van der Waals surface area contributed by atoms with Gasteiger partial charge in [-0.1, -0.05) is 39.3 Å². The highest BCUT2D eigenvalue weighted by atomic mass is 79.9. The molecule has 1 aromatic heterocycles. The zero-order valence-corrected chi connectivity index (χ0v) is 19.6. The molecule has 4 rings (SSSR count). The molecule has 0 saturated carbocycles. The molecule has 0 atom stereocenters. The van der Waals surface area contributed by atoms with Gasteiger partial charge in [-0.15, -0.1) is 10.2 Å². The van der Waals surface area contributed by atoms with Gasteiger partial charge in [0.05, 0.1) is 12.9 Å². The number of methoxy groups -OCH3 is 1. The number of benzene rings is 3. The number of aromatic nitrogens is 3. The molecule has 5 nitrogen and oxygen atoms in total. The summed E-state index contributed by atoms with van der Waals surface area (Å²) in [6, 6.07) is 22.4. The van der Waals surface area contributed by atoms with E-state index < -0.39 is 0 Å². The van der Waals surface area contributed by atoms with Crippen molar-refractivity contribution >= 4 is 45.1 Å². The van der Waals surface area contributed by atoms with Crippen molar-refractivity contribution in [3.63, 3.8) is 0 Å². The van der Waals surface area contributed by atoms with Crippen LogP contribution in [0.15, 0.2) is 82.4 Å². The van der Waals surface area contributed by atoms with E-state index in [1.165, 1.54) is 11.8 Å². The van der Waals surface area contributed by atoms with Gasteiger partial charge in [-0.05, 0) is 72.8 Å². The minimum atomic E-state index is -0.00183. The van der Waals surface area contributed by atoms with Crippen molar-refractivity contribution in [2.45, 2.75) is 5.16 Å². The molecule has 1 heterocycles. The van der Waals surface area contributed by atoms with E-state index in [0.717, 1.165) is 21.5 Å². The van der Waals surface area contributed by atoms with Gasteiger partial charge in [-0.25, -0.2) is 0 Å². The molecule has 0 aliphatic heterocycles. The number of thioether (sulfide) groups is 1. The first-order chi connectivity index (χ1) is 15.0. The van der Waals surface area contributed by atoms with Crippen molar-refractivity contribution in [1.82, 2.24) is 14.8 Å². The maximum atomic E-state index is 12.6. The maximum absolute atomic E-state index is 12.6. The molecule has 156 valence electrons. The smallest absolute Gasteiger partial charge is 0.196 e. The molecule has 0 amide bonds. The van der Waals surface area contributed by atoms with E-state index in [-0.39, 0.29) is 11.5 Å². The van der Waals surface area contributed by atoms with Crippen molar-refractivity contribution in [1.29, 1.82) is 0 Å². The van der Waals surface area contributed by atoms with E-state index >= 15 is 0 Å².